The highest BCUT2D eigenvalue weighted by Gasteiger charge is 2.30. The van der Waals surface area contributed by atoms with Gasteiger partial charge in [-0.15, -0.1) is 0 Å². The summed E-state index contributed by atoms with van der Waals surface area (Å²) in [5.41, 5.74) is 2.73. The Morgan fingerprint density at radius 2 is 2.21 bits per heavy atom. The number of esters is 1. The second-order valence-electron chi connectivity index (χ2n) is 5.34. The van der Waals surface area contributed by atoms with E-state index in [9.17, 15) is 4.79 Å². The molecule has 1 aliphatic rings. The molecule has 0 saturated heterocycles. The molecule has 19 heavy (non-hydrogen) atoms. The lowest BCUT2D eigenvalue weighted by Crippen LogP contribution is -2.43. The quantitative estimate of drug-likeness (QED) is 0.828. The van der Waals surface area contributed by atoms with Gasteiger partial charge in [0.2, 0.25) is 0 Å². The van der Waals surface area contributed by atoms with Gasteiger partial charge < -0.3 is 4.74 Å². The number of fused-ring (bicyclic) bond motifs is 1. The zero-order chi connectivity index (χ0) is 13.8. The van der Waals surface area contributed by atoms with E-state index in [0.717, 1.165) is 19.3 Å². The van der Waals surface area contributed by atoms with Gasteiger partial charge in [0.1, 0.15) is 6.04 Å². The van der Waals surface area contributed by atoms with E-state index in [1.807, 2.05) is 0 Å². The summed E-state index contributed by atoms with van der Waals surface area (Å²) < 4.78 is 4.93. The normalized spacial score (nSPS) is 20.7. The van der Waals surface area contributed by atoms with Gasteiger partial charge in [-0.2, -0.15) is 0 Å². The molecule has 2 rings (SSSR count). The van der Waals surface area contributed by atoms with Crippen LogP contribution in [-0.4, -0.2) is 19.1 Å². The number of hydrogen-bond donors (Lipinski definition) is 1. The number of hydrogen-bond acceptors (Lipinski definition) is 3. The van der Waals surface area contributed by atoms with Gasteiger partial charge in [0.15, 0.2) is 0 Å². The summed E-state index contributed by atoms with van der Waals surface area (Å²) >= 11 is 0. The topological polar surface area (TPSA) is 38.3 Å². The summed E-state index contributed by atoms with van der Waals surface area (Å²) in [6, 6.07) is 8.53. The summed E-state index contributed by atoms with van der Waals surface area (Å²) in [4.78, 5) is 11.9. The minimum Gasteiger partial charge on any atom is -0.468 e. The van der Waals surface area contributed by atoms with Crippen LogP contribution in [0.3, 0.4) is 0 Å². The Balaban J connectivity index is 2.13. The molecule has 0 spiro atoms. The number of nitrogens with one attached hydrogen (secondary N) is 1. The zero-order valence-electron chi connectivity index (χ0n) is 12.0. The number of aryl methyl sites for hydroxylation is 1. The summed E-state index contributed by atoms with van der Waals surface area (Å²) in [7, 11) is 1.46. The number of rotatable bonds is 5. The van der Waals surface area contributed by atoms with Crippen LogP contribution in [0.4, 0.5) is 0 Å². The Hall–Kier alpha value is -1.35. The van der Waals surface area contributed by atoms with Crippen molar-refractivity contribution in [3.8, 4) is 0 Å². The van der Waals surface area contributed by atoms with Gasteiger partial charge in [-0.1, -0.05) is 44.5 Å². The molecule has 3 unspecified atom stereocenters. The fourth-order valence-electron chi connectivity index (χ4n) is 2.77. The first-order valence-electron chi connectivity index (χ1n) is 7.09. The largest absolute Gasteiger partial charge is 0.468 e. The van der Waals surface area contributed by atoms with E-state index in [2.05, 4.69) is 43.4 Å². The van der Waals surface area contributed by atoms with Crippen molar-refractivity contribution in [2.45, 2.75) is 45.2 Å². The smallest absolute Gasteiger partial charge is 0.323 e. The average Bonchev–Trinajstić information content (AvgIpc) is 2.86. The predicted octanol–water partition coefficient (Wildman–Crippen LogP) is 2.85. The van der Waals surface area contributed by atoms with E-state index in [1.54, 1.807) is 0 Å². The van der Waals surface area contributed by atoms with Crippen LogP contribution in [0.2, 0.25) is 0 Å². The number of methoxy groups -OCH3 is 1. The van der Waals surface area contributed by atoms with Crippen molar-refractivity contribution in [3.05, 3.63) is 35.4 Å². The van der Waals surface area contributed by atoms with Crippen molar-refractivity contribution in [1.82, 2.24) is 5.32 Å². The fourth-order valence-corrected chi connectivity index (χ4v) is 2.77. The van der Waals surface area contributed by atoms with Crippen molar-refractivity contribution < 1.29 is 9.53 Å². The Bertz CT molecular complexity index is 444. The number of carbonyl (C=O) groups excluding carboxylic acids is 1. The minimum absolute atomic E-state index is 0.154. The van der Waals surface area contributed by atoms with Crippen LogP contribution in [0.5, 0.6) is 0 Å². The van der Waals surface area contributed by atoms with Crippen molar-refractivity contribution in [2.75, 3.05) is 7.11 Å². The summed E-state index contributed by atoms with van der Waals surface area (Å²) in [6.07, 6.45) is 3.10. The van der Waals surface area contributed by atoms with Crippen molar-refractivity contribution >= 4 is 5.97 Å². The van der Waals surface area contributed by atoms with E-state index in [-0.39, 0.29) is 24.0 Å². The molecule has 0 heterocycles. The standard InChI is InChI=1S/C16H23NO2/c1-4-11(2)15(16(18)19-3)17-14-10-9-12-7-5-6-8-13(12)14/h5-8,11,14-15,17H,4,9-10H2,1-3H3. The molecule has 0 aliphatic heterocycles. The second kappa shape index (κ2) is 6.20. The Labute approximate surface area is 115 Å². The minimum atomic E-state index is -0.217. The van der Waals surface area contributed by atoms with Crippen LogP contribution in [0, 0.1) is 5.92 Å². The lowest BCUT2D eigenvalue weighted by atomic mass is 9.97. The maximum Gasteiger partial charge on any atom is 0.323 e. The Morgan fingerprint density at radius 3 is 2.89 bits per heavy atom. The first-order chi connectivity index (χ1) is 9.17. The highest BCUT2D eigenvalue weighted by Crippen LogP contribution is 2.31. The molecule has 0 amide bonds. The zero-order valence-corrected chi connectivity index (χ0v) is 12.0. The first-order valence-corrected chi connectivity index (χ1v) is 7.09. The molecule has 1 N–H and O–H groups in total. The molecule has 0 aromatic heterocycles. The van der Waals surface area contributed by atoms with E-state index in [4.69, 9.17) is 4.74 Å². The number of carbonyl (C=O) groups is 1. The highest BCUT2D eigenvalue weighted by atomic mass is 16.5. The lowest BCUT2D eigenvalue weighted by Gasteiger charge is -2.26. The molecule has 0 bridgehead atoms. The molecule has 1 aromatic rings. The molecular formula is C16H23NO2. The van der Waals surface area contributed by atoms with Gasteiger partial charge in [-0.3, -0.25) is 10.1 Å². The Morgan fingerprint density at radius 1 is 1.47 bits per heavy atom. The van der Waals surface area contributed by atoms with Crippen LogP contribution < -0.4 is 5.32 Å². The van der Waals surface area contributed by atoms with Crippen LogP contribution >= 0.6 is 0 Å². The second-order valence-corrected chi connectivity index (χ2v) is 5.34. The van der Waals surface area contributed by atoms with E-state index in [1.165, 1.54) is 18.2 Å². The molecule has 0 saturated carbocycles. The van der Waals surface area contributed by atoms with Crippen LogP contribution in [-0.2, 0) is 16.0 Å². The van der Waals surface area contributed by atoms with Gasteiger partial charge in [0.25, 0.3) is 0 Å². The molecule has 3 nitrogen and oxygen atoms in total. The third-order valence-corrected chi connectivity index (χ3v) is 4.18. The first kappa shape index (κ1) is 14.1. The summed E-state index contributed by atoms with van der Waals surface area (Å²) in [5, 5.41) is 3.50. The summed E-state index contributed by atoms with van der Waals surface area (Å²) in [6.45, 7) is 4.19. The SMILES string of the molecule is CCC(C)C(NC1CCc2ccccc21)C(=O)OC. The monoisotopic (exact) mass is 261 g/mol. The van der Waals surface area contributed by atoms with E-state index < -0.39 is 0 Å². The van der Waals surface area contributed by atoms with Crippen molar-refractivity contribution in [3.63, 3.8) is 0 Å². The molecule has 1 aromatic carbocycles. The van der Waals surface area contributed by atoms with Gasteiger partial charge in [-0.25, -0.2) is 0 Å². The van der Waals surface area contributed by atoms with Gasteiger partial charge in [0.05, 0.1) is 7.11 Å². The molecule has 1 aliphatic carbocycles. The van der Waals surface area contributed by atoms with Crippen LogP contribution in [0.25, 0.3) is 0 Å². The van der Waals surface area contributed by atoms with Crippen LogP contribution in [0.1, 0.15) is 43.9 Å². The molecule has 0 radical (unpaired) electrons. The van der Waals surface area contributed by atoms with Gasteiger partial charge >= 0.3 is 5.97 Å². The third kappa shape index (κ3) is 2.98. The maximum atomic E-state index is 11.9. The van der Waals surface area contributed by atoms with Gasteiger partial charge in [0, 0.05) is 6.04 Å². The number of benzene rings is 1. The van der Waals surface area contributed by atoms with Crippen molar-refractivity contribution in [2.24, 2.45) is 5.92 Å². The highest BCUT2D eigenvalue weighted by molar-refractivity contribution is 5.76. The molecule has 104 valence electrons. The average molecular weight is 261 g/mol. The number of ether oxygens (including phenoxy) is 1. The van der Waals surface area contributed by atoms with Gasteiger partial charge in [-0.05, 0) is 29.9 Å². The molecule has 3 atom stereocenters. The fraction of sp³-hybridized carbons (Fsp3) is 0.562. The lowest BCUT2D eigenvalue weighted by molar-refractivity contribution is -0.144. The molecular weight excluding hydrogens is 238 g/mol. The molecule has 3 heteroatoms. The third-order valence-electron chi connectivity index (χ3n) is 4.18. The van der Waals surface area contributed by atoms with E-state index >= 15 is 0 Å². The summed E-state index contributed by atoms with van der Waals surface area (Å²) in [5.74, 6) is 0.124. The predicted molar refractivity (Wildman–Crippen MR) is 75.9 cm³/mol. The van der Waals surface area contributed by atoms with E-state index in [0.29, 0.717) is 0 Å². The van der Waals surface area contributed by atoms with Crippen molar-refractivity contribution in [1.29, 1.82) is 0 Å². The Kier molecular flexibility index (Phi) is 4.59. The molecule has 0 fully saturated rings. The van der Waals surface area contributed by atoms with Crippen LogP contribution in [0.15, 0.2) is 24.3 Å². The maximum absolute atomic E-state index is 11.9.